The van der Waals surface area contributed by atoms with Crippen molar-refractivity contribution in [2.75, 3.05) is 26.2 Å². The van der Waals surface area contributed by atoms with Crippen LogP contribution < -0.4 is 5.32 Å². The Labute approximate surface area is 112 Å². The molecule has 1 aromatic heterocycles. The first-order valence-electron chi connectivity index (χ1n) is 6.74. The lowest BCUT2D eigenvalue weighted by atomic mass is 10.1. The number of piperazine rings is 1. The van der Waals surface area contributed by atoms with Crippen LogP contribution >= 0.6 is 0 Å². The summed E-state index contributed by atoms with van der Waals surface area (Å²) in [7, 11) is 0. The molecule has 19 heavy (non-hydrogen) atoms. The van der Waals surface area contributed by atoms with Gasteiger partial charge in [-0.05, 0) is 25.1 Å². The highest BCUT2D eigenvalue weighted by Gasteiger charge is 2.18. The zero-order chi connectivity index (χ0) is 13.2. The van der Waals surface area contributed by atoms with Gasteiger partial charge in [0.25, 0.3) is 5.91 Å². The SMILES string of the molecule is CCn1cnc2cc(C(=O)N3CCNCC3)ccc21. The minimum Gasteiger partial charge on any atom is -0.336 e. The van der Waals surface area contributed by atoms with Gasteiger partial charge in [-0.3, -0.25) is 4.79 Å². The van der Waals surface area contributed by atoms with Gasteiger partial charge in [0.1, 0.15) is 0 Å². The minimum absolute atomic E-state index is 0.106. The summed E-state index contributed by atoms with van der Waals surface area (Å²) in [4.78, 5) is 18.6. The van der Waals surface area contributed by atoms with E-state index in [0.29, 0.717) is 0 Å². The second-order valence-electron chi connectivity index (χ2n) is 4.78. The van der Waals surface area contributed by atoms with E-state index in [-0.39, 0.29) is 5.91 Å². The van der Waals surface area contributed by atoms with Crippen molar-refractivity contribution in [3.63, 3.8) is 0 Å². The molecule has 2 heterocycles. The van der Waals surface area contributed by atoms with Crippen LogP contribution in [0.3, 0.4) is 0 Å². The van der Waals surface area contributed by atoms with Gasteiger partial charge in [-0.15, -0.1) is 0 Å². The van der Waals surface area contributed by atoms with Crippen molar-refractivity contribution in [1.82, 2.24) is 19.8 Å². The molecular weight excluding hydrogens is 240 g/mol. The average Bonchev–Trinajstić information content (AvgIpc) is 2.89. The number of carbonyl (C=O) groups is 1. The molecule has 0 spiro atoms. The van der Waals surface area contributed by atoms with Crippen LogP contribution in [-0.2, 0) is 6.54 Å². The zero-order valence-corrected chi connectivity index (χ0v) is 11.1. The number of imidazole rings is 1. The van der Waals surface area contributed by atoms with Crippen LogP contribution in [0.5, 0.6) is 0 Å². The van der Waals surface area contributed by atoms with Crippen molar-refractivity contribution in [2.24, 2.45) is 0 Å². The molecule has 1 saturated heterocycles. The van der Waals surface area contributed by atoms with Gasteiger partial charge in [-0.1, -0.05) is 0 Å². The van der Waals surface area contributed by atoms with Gasteiger partial charge in [-0.2, -0.15) is 0 Å². The second kappa shape index (κ2) is 5.01. The molecule has 1 amide bonds. The van der Waals surface area contributed by atoms with Crippen molar-refractivity contribution in [2.45, 2.75) is 13.5 Å². The second-order valence-corrected chi connectivity index (χ2v) is 4.78. The quantitative estimate of drug-likeness (QED) is 0.877. The molecule has 5 heteroatoms. The first-order chi connectivity index (χ1) is 9.29. The summed E-state index contributed by atoms with van der Waals surface area (Å²) in [6.45, 7) is 6.28. The molecule has 0 unspecified atom stereocenters. The standard InChI is InChI=1S/C14H18N4O/c1-2-17-10-16-12-9-11(3-4-13(12)17)14(19)18-7-5-15-6-8-18/h3-4,9-10,15H,2,5-8H2,1H3. The van der Waals surface area contributed by atoms with Crippen LogP contribution in [0.25, 0.3) is 11.0 Å². The third kappa shape index (κ3) is 2.21. The van der Waals surface area contributed by atoms with E-state index < -0.39 is 0 Å². The topological polar surface area (TPSA) is 50.2 Å². The molecule has 3 rings (SSSR count). The Bertz CT molecular complexity index is 599. The van der Waals surface area contributed by atoms with Gasteiger partial charge in [0, 0.05) is 38.3 Å². The molecule has 2 aromatic rings. The van der Waals surface area contributed by atoms with E-state index in [1.807, 2.05) is 29.4 Å². The van der Waals surface area contributed by atoms with Gasteiger partial charge in [0.05, 0.1) is 17.4 Å². The third-order valence-electron chi connectivity index (χ3n) is 3.61. The first-order valence-corrected chi connectivity index (χ1v) is 6.74. The Hall–Kier alpha value is -1.88. The van der Waals surface area contributed by atoms with Crippen LogP contribution in [-0.4, -0.2) is 46.5 Å². The Kier molecular flexibility index (Phi) is 3.21. The summed E-state index contributed by atoms with van der Waals surface area (Å²) in [5, 5.41) is 3.25. The normalized spacial score (nSPS) is 15.9. The number of aryl methyl sites for hydroxylation is 1. The van der Waals surface area contributed by atoms with Crippen LogP contribution in [0.4, 0.5) is 0 Å². The summed E-state index contributed by atoms with van der Waals surface area (Å²) in [6, 6.07) is 5.79. The Morgan fingerprint density at radius 1 is 1.37 bits per heavy atom. The Morgan fingerprint density at radius 3 is 2.89 bits per heavy atom. The molecule has 0 atom stereocenters. The number of fused-ring (bicyclic) bond motifs is 1. The number of nitrogens with zero attached hydrogens (tertiary/aromatic N) is 3. The molecule has 0 aliphatic carbocycles. The number of amides is 1. The summed E-state index contributed by atoms with van der Waals surface area (Å²) < 4.78 is 2.08. The molecular formula is C14H18N4O. The largest absolute Gasteiger partial charge is 0.336 e. The van der Waals surface area contributed by atoms with E-state index in [1.165, 1.54) is 0 Å². The lowest BCUT2D eigenvalue weighted by Gasteiger charge is -2.27. The maximum absolute atomic E-state index is 12.4. The monoisotopic (exact) mass is 258 g/mol. The molecule has 1 aliphatic heterocycles. The lowest BCUT2D eigenvalue weighted by molar-refractivity contribution is 0.0736. The maximum Gasteiger partial charge on any atom is 0.254 e. The summed E-state index contributed by atoms with van der Waals surface area (Å²) in [5.41, 5.74) is 2.71. The first kappa shape index (κ1) is 12.2. The van der Waals surface area contributed by atoms with Crippen molar-refractivity contribution in [1.29, 1.82) is 0 Å². The highest BCUT2D eigenvalue weighted by atomic mass is 16.2. The highest BCUT2D eigenvalue weighted by molar-refractivity contribution is 5.97. The van der Waals surface area contributed by atoms with Crippen LogP contribution in [0, 0.1) is 0 Å². The summed E-state index contributed by atoms with van der Waals surface area (Å²) >= 11 is 0. The number of benzene rings is 1. The lowest BCUT2D eigenvalue weighted by Crippen LogP contribution is -2.46. The fraction of sp³-hybridized carbons (Fsp3) is 0.429. The molecule has 1 aromatic carbocycles. The Balaban J connectivity index is 1.90. The molecule has 0 saturated carbocycles. The van der Waals surface area contributed by atoms with Gasteiger partial charge in [0.15, 0.2) is 0 Å². The molecule has 5 nitrogen and oxygen atoms in total. The molecule has 1 N–H and O–H groups in total. The molecule has 100 valence electrons. The van der Waals surface area contributed by atoms with E-state index in [2.05, 4.69) is 21.8 Å². The molecule has 0 bridgehead atoms. The molecule has 1 fully saturated rings. The van der Waals surface area contributed by atoms with Crippen LogP contribution in [0.15, 0.2) is 24.5 Å². The minimum atomic E-state index is 0.106. The van der Waals surface area contributed by atoms with E-state index in [1.54, 1.807) is 0 Å². The van der Waals surface area contributed by atoms with Crippen molar-refractivity contribution >= 4 is 16.9 Å². The highest BCUT2D eigenvalue weighted by Crippen LogP contribution is 2.16. The third-order valence-corrected chi connectivity index (χ3v) is 3.61. The molecule has 1 aliphatic rings. The Morgan fingerprint density at radius 2 is 2.16 bits per heavy atom. The van der Waals surface area contributed by atoms with E-state index in [4.69, 9.17) is 0 Å². The van der Waals surface area contributed by atoms with Crippen LogP contribution in [0.2, 0.25) is 0 Å². The van der Waals surface area contributed by atoms with E-state index in [0.717, 1.165) is 49.3 Å². The van der Waals surface area contributed by atoms with Gasteiger partial charge in [-0.25, -0.2) is 4.98 Å². The number of carbonyl (C=O) groups excluding carboxylic acids is 1. The van der Waals surface area contributed by atoms with Crippen molar-refractivity contribution < 1.29 is 4.79 Å². The van der Waals surface area contributed by atoms with Gasteiger partial charge >= 0.3 is 0 Å². The number of hydrogen-bond acceptors (Lipinski definition) is 3. The van der Waals surface area contributed by atoms with Crippen molar-refractivity contribution in [3.05, 3.63) is 30.1 Å². The van der Waals surface area contributed by atoms with Crippen LogP contribution in [0.1, 0.15) is 17.3 Å². The fourth-order valence-electron chi connectivity index (χ4n) is 2.50. The number of aromatic nitrogens is 2. The summed E-state index contributed by atoms with van der Waals surface area (Å²) in [5.74, 6) is 0.106. The van der Waals surface area contributed by atoms with Crippen molar-refractivity contribution in [3.8, 4) is 0 Å². The average molecular weight is 258 g/mol. The van der Waals surface area contributed by atoms with E-state index >= 15 is 0 Å². The van der Waals surface area contributed by atoms with E-state index in [9.17, 15) is 4.79 Å². The zero-order valence-electron chi connectivity index (χ0n) is 11.1. The fourth-order valence-corrected chi connectivity index (χ4v) is 2.50. The number of hydrogen-bond donors (Lipinski definition) is 1. The predicted octanol–water partition coefficient (Wildman–Crippen LogP) is 1.10. The summed E-state index contributed by atoms with van der Waals surface area (Å²) in [6.07, 6.45) is 1.82. The van der Waals surface area contributed by atoms with Gasteiger partial charge in [0.2, 0.25) is 0 Å². The molecule has 0 radical (unpaired) electrons. The smallest absolute Gasteiger partial charge is 0.254 e. The number of rotatable bonds is 2. The van der Waals surface area contributed by atoms with Gasteiger partial charge < -0.3 is 14.8 Å². The number of nitrogens with one attached hydrogen (secondary N) is 1. The maximum atomic E-state index is 12.4. The predicted molar refractivity (Wildman–Crippen MR) is 74.2 cm³/mol.